The number of benzene rings is 2. The molecular weight excluding hydrogens is 358 g/mol. The summed E-state index contributed by atoms with van der Waals surface area (Å²) in [6.07, 6.45) is 4.92. The van der Waals surface area contributed by atoms with Gasteiger partial charge in [-0.3, -0.25) is 0 Å². The van der Waals surface area contributed by atoms with Crippen LogP contribution >= 0.6 is 0 Å². The van der Waals surface area contributed by atoms with Crippen molar-refractivity contribution in [2.75, 3.05) is 20.6 Å². The molecule has 3 aliphatic heterocycles. The second-order valence-electron chi connectivity index (χ2n) is 9.61. The van der Waals surface area contributed by atoms with E-state index in [0.29, 0.717) is 24.7 Å². The number of hydrogen-bond acceptors (Lipinski definition) is 1. The van der Waals surface area contributed by atoms with E-state index in [1.54, 1.807) is 0 Å². The predicted molar refractivity (Wildman–Crippen MR) is 115 cm³/mol. The summed E-state index contributed by atoms with van der Waals surface area (Å²) in [5.74, 6) is 0. The highest BCUT2D eigenvalue weighted by molar-refractivity contribution is 5.78. The average molecular weight is 391 g/mol. The molecule has 2 bridgehead atoms. The van der Waals surface area contributed by atoms with Crippen LogP contribution in [0.4, 0.5) is 4.79 Å². The highest BCUT2D eigenvalue weighted by Gasteiger charge is 2.52. The number of quaternary nitrogens is 1. The zero-order valence-corrected chi connectivity index (χ0v) is 17.6. The summed E-state index contributed by atoms with van der Waals surface area (Å²) in [5.41, 5.74) is 2.44. The summed E-state index contributed by atoms with van der Waals surface area (Å²) in [5, 5.41) is 0. The van der Waals surface area contributed by atoms with E-state index in [1.165, 1.54) is 24.0 Å². The van der Waals surface area contributed by atoms with Crippen molar-refractivity contribution in [1.29, 1.82) is 0 Å². The standard InChI is InChI=1S/C25H32N3O/c1-28(2)22-13-14-23(28)16-21(15-22)26-18-24(20-11-7-4-8-12-20)27(25(26)29)17-19-9-5-3-6-10-19/h3-12,21-24H,13-18H2,1-2H3/q+1. The van der Waals surface area contributed by atoms with Crippen LogP contribution in [0.15, 0.2) is 60.7 Å². The minimum atomic E-state index is 0.131. The lowest BCUT2D eigenvalue weighted by molar-refractivity contribution is -0.931. The fourth-order valence-corrected chi connectivity index (χ4v) is 5.99. The fourth-order valence-electron chi connectivity index (χ4n) is 5.99. The molecule has 3 heterocycles. The Hall–Kier alpha value is -2.33. The van der Waals surface area contributed by atoms with Gasteiger partial charge in [0.15, 0.2) is 0 Å². The Labute approximate surface area is 174 Å². The van der Waals surface area contributed by atoms with Crippen LogP contribution < -0.4 is 0 Å². The topological polar surface area (TPSA) is 23.6 Å². The molecule has 0 aliphatic carbocycles. The van der Waals surface area contributed by atoms with Crippen molar-refractivity contribution < 1.29 is 9.28 Å². The van der Waals surface area contributed by atoms with Gasteiger partial charge in [0.1, 0.15) is 0 Å². The molecule has 29 heavy (non-hydrogen) atoms. The van der Waals surface area contributed by atoms with Crippen molar-refractivity contribution in [3.05, 3.63) is 71.8 Å². The Kier molecular flexibility index (Phi) is 4.62. The number of piperidine rings is 1. The molecule has 3 unspecified atom stereocenters. The maximum atomic E-state index is 13.6. The van der Waals surface area contributed by atoms with Crippen LogP contribution in [-0.2, 0) is 6.54 Å². The molecule has 152 valence electrons. The largest absolute Gasteiger partial charge is 0.323 e. The molecular formula is C25H32N3O+. The molecule has 0 radical (unpaired) electrons. The van der Waals surface area contributed by atoms with Gasteiger partial charge in [0, 0.05) is 44.8 Å². The first-order chi connectivity index (χ1) is 14.0. The lowest BCUT2D eigenvalue weighted by atomic mass is 9.94. The van der Waals surface area contributed by atoms with Crippen LogP contribution in [0.2, 0.25) is 0 Å². The van der Waals surface area contributed by atoms with E-state index < -0.39 is 0 Å². The Morgan fingerprint density at radius 3 is 2.10 bits per heavy atom. The summed E-state index contributed by atoms with van der Waals surface area (Å²) in [6, 6.07) is 23.1. The minimum absolute atomic E-state index is 0.131. The monoisotopic (exact) mass is 390 g/mol. The van der Waals surface area contributed by atoms with Gasteiger partial charge < -0.3 is 14.3 Å². The molecule has 2 aromatic rings. The van der Waals surface area contributed by atoms with Crippen LogP contribution in [0.3, 0.4) is 0 Å². The molecule has 4 heteroatoms. The van der Waals surface area contributed by atoms with Crippen molar-refractivity contribution >= 4 is 6.03 Å². The van der Waals surface area contributed by atoms with Crippen LogP contribution in [0.25, 0.3) is 0 Å². The van der Waals surface area contributed by atoms with Crippen molar-refractivity contribution in [3.8, 4) is 0 Å². The van der Waals surface area contributed by atoms with Crippen LogP contribution in [-0.4, -0.2) is 59.1 Å². The molecule has 3 atom stereocenters. The lowest BCUT2D eigenvalue weighted by Gasteiger charge is -2.46. The second-order valence-corrected chi connectivity index (χ2v) is 9.61. The van der Waals surface area contributed by atoms with Gasteiger partial charge in [-0.1, -0.05) is 60.7 Å². The Morgan fingerprint density at radius 1 is 0.897 bits per heavy atom. The van der Waals surface area contributed by atoms with Gasteiger partial charge >= 0.3 is 6.03 Å². The van der Waals surface area contributed by atoms with Gasteiger partial charge in [0.25, 0.3) is 0 Å². The van der Waals surface area contributed by atoms with E-state index in [9.17, 15) is 4.79 Å². The summed E-state index contributed by atoms with van der Waals surface area (Å²) in [4.78, 5) is 17.9. The van der Waals surface area contributed by atoms with Crippen LogP contribution in [0, 0.1) is 0 Å². The first kappa shape index (κ1) is 18.7. The molecule has 4 nitrogen and oxygen atoms in total. The number of amides is 2. The number of rotatable bonds is 4. The fraction of sp³-hybridized carbons (Fsp3) is 0.480. The third kappa shape index (κ3) is 3.24. The smallest absolute Gasteiger partial charge is 0.321 e. The van der Waals surface area contributed by atoms with E-state index in [0.717, 1.165) is 23.9 Å². The lowest BCUT2D eigenvalue weighted by Crippen LogP contribution is -2.58. The first-order valence-electron chi connectivity index (χ1n) is 11.0. The molecule has 2 amide bonds. The van der Waals surface area contributed by atoms with Gasteiger partial charge in [-0.05, 0) is 11.1 Å². The first-order valence-corrected chi connectivity index (χ1v) is 11.0. The van der Waals surface area contributed by atoms with E-state index in [1.807, 2.05) is 6.07 Å². The molecule has 0 aromatic heterocycles. The zero-order valence-electron chi connectivity index (χ0n) is 17.6. The normalized spacial score (nSPS) is 30.8. The van der Waals surface area contributed by atoms with E-state index in [4.69, 9.17) is 0 Å². The highest BCUT2D eigenvalue weighted by atomic mass is 16.2. The highest BCUT2D eigenvalue weighted by Crippen LogP contribution is 2.43. The summed E-state index contributed by atoms with van der Waals surface area (Å²) < 4.78 is 1.15. The molecule has 5 rings (SSSR count). The number of nitrogens with zero attached hydrogens (tertiary/aromatic N) is 3. The average Bonchev–Trinajstić information content (AvgIpc) is 3.08. The quantitative estimate of drug-likeness (QED) is 0.708. The van der Waals surface area contributed by atoms with Gasteiger partial charge in [0.2, 0.25) is 0 Å². The van der Waals surface area contributed by atoms with E-state index in [-0.39, 0.29) is 12.1 Å². The van der Waals surface area contributed by atoms with Crippen molar-refractivity contribution in [2.24, 2.45) is 0 Å². The summed E-state index contributed by atoms with van der Waals surface area (Å²) >= 11 is 0. The maximum absolute atomic E-state index is 13.6. The van der Waals surface area contributed by atoms with Crippen molar-refractivity contribution in [3.63, 3.8) is 0 Å². The van der Waals surface area contributed by atoms with Gasteiger partial charge in [-0.2, -0.15) is 0 Å². The van der Waals surface area contributed by atoms with Crippen molar-refractivity contribution in [1.82, 2.24) is 9.80 Å². The maximum Gasteiger partial charge on any atom is 0.321 e. The summed E-state index contributed by atoms with van der Waals surface area (Å²) in [6.45, 7) is 1.49. The molecule has 2 aromatic carbocycles. The molecule has 0 spiro atoms. The Morgan fingerprint density at radius 2 is 1.48 bits per heavy atom. The van der Waals surface area contributed by atoms with E-state index >= 15 is 0 Å². The van der Waals surface area contributed by atoms with Gasteiger partial charge in [-0.25, -0.2) is 4.79 Å². The van der Waals surface area contributed by atoms with Gasteiger partial charge in [0.05, 0.1) is 32.2 Å². The number of fused-ring (bicyclic) bond motifs is 2. The minimum Gasteiger partial charge on any atom is -0.323 e. The molecule has 3 aliphatic rings. The molecule has 3 saturated heterocycles. The van der Waals surface area contributed by atoms with Crippen LogP contribution in [0.5, 0.6) is 0 Å². The summed E-state index contributed by atoms with van der Waals surface area (Å²) in [7, 11) is 4.78. The number of carbonyl (C=O) groups is 1. The number of urea groups is 1. The third-order valence-corrected chi connectivity index (χ3v) is 7.86. The van der Waals surface area contributed by atoms with Crippen LogP contribution in [0.1, 0.15) is 42.9 Å². The third-order valence-electron chi connectivity index (χ3n) is 7.86. The Balaban J connectivity index is 1.42. The SMILES string of the molecule is C[N+]1(C)C2CCC1CC(N1CC(c3ccccc3)N(Cc3ccccc3)C1=O)C2. The van der Waals surface area contributed by atoms with E-state index in [2.05, 4.69) is 78.5 Å². The van der Waals surface area contributed by atoms with Gasteiger partial charge in [-0.15, -0.1) is 0 Å². The molecule has 3 fully saturated rings. The molecule has 0 N–H and O–H groups in total. The Bertz CT molecular complexity index is 850. The number of hydrogen-bond donors (Lipinski definition) is 0. The zero-order chi connectivity index (χ0) is 20.0. The molecule has 0 saturated carbocycles. The van der Waals surface area contributed by atoms with Crippen molar-refractivity contribution in [2.45, 2.75) is 56.4 Å². The number of carbonyl (C=O) groups excluding carboxylic acids is 1. The second kappa shape index (κ2) is 7.17. The predicted octanol–water partition coefficient (Wildman–Crippen LogP) is 4.44.